The monoisotopic (exact) mass is 214 g/mol. The molecule has 14 heavy (non-hydrogen) atoms. The topological polar surface area (TPSA) is 32.3 Å². The third-order valence-electron chi connectivity index (χ3n) is 2.94. The maximum atomic E-state index is 11.7. The van der Waals surface area contributed by atoms with Crippen molar-refractivity contribution in [3.05, 3.63) is 0 Å². The molecule has 0 radical (unpaired) electrons. The Hall–Kier alpha value is -0.220. The number of rotatable bonds is 2. The molecule has 2 saturated heterocycles. The zero-order chi connectivity index (χ0) is 9.80. The van der Waals surface area contributed by atoms with E-state index in [4.69, 9.17) is 0 Å². The molecule has 2 fully saturated rings. The van der Waals surface area contributed by atoms with Crippen molar-refractivity contribution in [2.75, 3.05) is 37.7 Å². The molecule has 1 unspecified atom stereocenters. The van der Waals surface area contributed by atoms with Crippen LogP contribution in [0.3, 0.4) is 0 Å². The van der Waals surface area contributed by atoms with Crippen LogP contribution in [-0.2, 0) is 4.79 Å². The van der Waals surface area contributed by atoms with Gasteiger partial charge in [0.2, 0.25) is 5.91 Å². The Morgan fingerprint density at radius 1 is 1.57 bits per heavy atom. The van der Waals surface area contributed by atoms with Crippen LogP contribution in [0.25, 0.3) is 0 Å². The minimum atomic E-state index is 0.347. The van der Waals surface area contributed by atoms with Crippen molar-refractivity contribution in [3.8, 4) is 0 Å². The predicted octanol–water partition coefficient (Wildman–Crippen LogP) is 0.561. The summed E-state index contributed by atoms with van der Waals surface area (Å²) in [6, 6.07) is 0. The van der Waals surface area contributed by atoms with Gasteiger partial charge in [0.1, 0.15) is 0 Å². The molecule has 2 rings (SSSR count). The molecule has 2 heterocycles. The van der Waals surface area contributed by atoms with E-state index in [1.54, 1.807) is 11.8 Å². The lowest BCUT2D eigenvalue weighted by atomic mass is 10.1. The van der Waals surface area contributed by atoms with Crippen molar-refractivity contribution in [1.82, 2.24) is 10.2 Å². The summed E-state index contributed by atoms with van der Waals surface area (Å²) in [6.07, 6.45) is 2.40. The molecular weight excluding hydrogens is 196 g/mol. The van der Waals surface area contributed by atoms with Crippen LogP contribution in [0.1, 0.15) is 12.8 Å². The van der Waals surface area contributed by atoms with Crippen molar-refractivity contribution in [2.24, 2.45) is 5.92 Å². The highest BCUT2D eigenvalue weighted by atomic mass is 32.2. The molecule has 3 nitrogen and oxygen atoms in total. The summed E-state index contributed by atoms with van der Waals surface area (Å²) in [5.41, 5.74) is 0. The Morgan fingerprint density at radius 2 is 2.50 bits per heavy atom. The summed E-state index contributed by atoms with van der Waals surface area (Å²) in [5, 5.41) is 3.35. The molecule has 2 aliphatic heterocycles. The highest BCUT2D eigenvalue weighted by Crippen LogP contribution is 2.15. The predicted molar refractivity (Wildman–Crippen MR) is 59.5 cm³/mol. The largest absolute Gasteiger partial charge is 0.342 e. The zero-order valence-corrected chi connectivity index (χ0v) is 9.31. The van der Waals surface area contributed by atoms with E-state index in [-0.39, 0.29) is 0 Å². The van der Waals surface area contributed by atoms with Gasteiger partial charge in [0.15, 0.2) is 0 Å². The van der Waals surface area contributed by atoms with Crippen molar-refractivity contribution < 1.29 is 4.79 Å². The van der Waals surface area contributed by atoms with Crippen molar-refractivity contribution in [1.29, 1.82) is 0 Å². The fourth-order valence-corrected chi connectivity index (χ4v) is 2.94. The van der Waals surface area contributed by atoms with Gasteiger partial charge in [-0.05, 0) is 37.6 Å². The zero-order valence-electron chi connectivity index (χ0n) is 8.50. The van der Waals surface area contributed by atoms with E-state index in [2.05, 4.69) is 10.2 Å². The average molecular weight is 214 g/mol. The molecule has 80 valence electrons. The van der Waals surface area contributed by atoms with Gasteiger partial charge in [-0.3, -0.25) is 4.79 Å². The minimum absolute atomic E-state index is 0.347. The molecule has 0 saturated carbocycles. The van der Waals surface area contributed by atoms with E-state index >= 15 is 0 Å². The first kappa shape index (κ1) is 10.3. The van der Waals surface area contributed by atoms with Gasteiger partial charge in [-0.25, -0.2) is 0 Å². The number of hydrogen-bond donors (Lipinski definition) is 1. The lowest BCUT2D eigenvalue weighted by Gasteiger charge is -2.23. The number of carbonyl (C=O) groups is 1. The average Bonchev–Trinajstić information content (AvgIpc) is 2.60. The molecule has 2 aliphatic rings. The summed E-state index contributed by atoms with van der Waals surface area (Å²) in [5.74, 6) is 2.88. The fourth-order valence-electron chi connectivity index (χ4n) is 2.11. The quantitative estimate of drug-likeness (QED) is 0.729. The molecule has 1 atom stereocenters. The molecule has 0 aromatic carbocycles. The lowest BCUT2D eigenvalue weighted by molar-refractivity contribution is -0.128. The van der Waals surface area contributed by atoms with Crippen molar-refractivity contribution in [2.45, 2.75) is 12.8 Å². The van der Waals surface area contributed by atoms with Crippen LogP contribution in [0.5, 0.6) is 0 Å². The van der Waals surface area contributed by atoms with E-state index in [1.165, 1.54) is 6.42 Å². The number of nitrogens with one attached hydrogen (secondary N) is 1. The number of amides is 1. The van der Waals surface area contributed by atoms with Gasteiger partial charge in [-0.2, -0.15) is 11.8 Å². The normalized spacial score (nSPS) is 29.3. The van der Waals surface area contributed by atoms with E-state index < -0.39 is 0 Å². The van der Waals surface area contributed by atoms with Crippen LogP contribution in [0.15, 0.2) is 0 Å². The lowest BCUT2D eigenvalue weighted by Crippen LogP contribution is -2.36. The molecule has 0 aromatic heterocycles. The van der Waals surface area contributed by atoms with Gasteiger partial charge in [0, 0.05) is 13.1 Å². The second-order valence-corrected chi connectivity index (χ2v) is 5.21. The molecule has 1 amide bonds. The first-order chi connectivity index (χ1) is 6.86. The number of carbonyl (C=O) groups excluding carboxylic acids is 1. The van der Waals surface area contributed by atoms with E-state index in [1.807, 2.05) is 0 Å². The second kappa shape index (κ2) is 5.03. The third-order valence-corrected chi connectivity index (χ3v) is 3.96. The number of thioether (sulfide) groups is 1. The third kappa shape index (κ3) is 2.64. The minimum Gasteiger partial charge on any atom is -0.342 e. The molecule has 4 heteroatoms. The Morgan fingerprint density at radius 3 is 3.29 bits per heavy atom. The standard InChI is InChI=1S/C10H18N2OS/c13-10-8-14-5-1-4-12(10)7-9-2-3-11-6-9/h9,11H,1-8H2. The van der Waals surface area contributed by atoms with Crippen molar-refractivity contribution in [3.63, 3.8) is 0 Å². The van der Waals surface area contributed by atoms with Crippen LogP contribution in [0.2, 0.25) is 0 Å². The van der Waals surface area contributed by atoms with Crippen LogP contribution in [0.4, 0.5) is 0 Å². The maximum absolute atomic E-state index is 11.7. The van der Waals surface area contributed by atoms with Gasteiger partial charge < -0.3 is 10.2 Å². The van der Waals surface area contributed by atoms with Gasteiger partial charge in [0.05, 0.1) is 5.75 Å². The summed E-state index contributed by atoms with van der Waals surface area (Å²) in [4.78, 5) is 13.8. The Balaban J connectivity index is 1.84. The van der Waals surface area contributed by atoms with Crippen LogP contribution in [-0.4, -0.2) is 48.5 Å². The Kier molecular flexibility index (Phi) is 3.70. The van der Waals surface area contributed by atoms with Crippen molar-refractivity contribution >= 4 is 17.7 Å². The van der Waals surface area contributed by atoms with Gasteiger partial charge in [-0.15, -0.1) is 0 Å². The van der Waals surface area contributed by atoms with Crippen LogP contribution >= 0.6 is 11.8 Å². The maximum Gasteiger partial charge on any atom is 0.232 e. The highest BCUT2D eigenvalue weighted by molar-refractivity contribution is 7.99. The van der Waals surface area contributed by atoms with Crippen LogP contribution < -0.4 is 5.32 Å². The highest BCUT2D eigenvalue weighted by Gasteiger charge is 2.22. The van der Waals surface area contributed by atoms with E-state index in [9.17, 15) is 4.79 Å². The second-order valence-electron chi connectivity index (χ2n) is 4.10. The number of hydrogen-bond acceptors (Lipinski definition) is 3. The SMILES string of the molecule is O=C1CSCCCN1CC1CCNC1. The molecule has 0 aromatic rings. The Labute approximate surface area is 89.6 Å². The van der Waals surface area contributed by atoms with Crippen LogP contribution in [0, 0.1) is 5.92 Å². The fraction of sp³-hybridized carbons (Fsp3) is 0.900. The first-order valence-electron chi connectivity index (χ1n) is 5.42. The van der Waals surface area contributed by atoms with Gasteiger partial charge >= 0.3 is 0 Å². The molecule has 1 N–H and O–H groups in total. The van der Waals surface area contributed by atoms with E-state index in [0.29, 0.717) is 17.6 Å². The van der Waals surface area contributed by atoms with E-state index in [0.717, 1.165) is 38.4 Å². The molecule has 0 bridgehead atoms. The Bertz CT molecular complexity index is 204. The summed E-state index contributed by atoms with van der Waals surface area (Å²) in [6.45, 7) is 4.17. The molecule has 0 aliphatic carbocycles. The number of nitrogens with zero attached hydrogens (tertiary/aromatic N) is 1. The summed E-state index contributed by atoms with van der Waals surface area (Å²) < 4.78 is 0. The molecular formula is C10H18N2OS. The summed E-state index contributed by atoms with van der Waals surface area (Å²) >= 11 is 1.78. The molecule has 0 spiro atoms. The smallest absolute Gasteiger partial charge is 0.232 e. The van der Waals surface area contributed by atoms with Gasteiger partial charge in [-0.1, -0.05) is 0 Å². The van der Waals surface area contributed by atoms with Gasteiger partial charge in [0.25, 0.3) is 0 Å². The first-order valence-corrected chi connectivity index (χ1v) is 6.58. The summed E-state index contributed by atoms with van der Waals surface area (Å²) in [7, 11) is 0.